The number of halogens is 1. The fourth-order valence-electron chi connectivity index (χ4n) is 1.80. The Labute approximate surface area is 93.5 Å². The molecule has 4 heteroatoms. The lowest BCUT2D eigenvalue weighted by atomic mass is 10.1. The lowest BCUT2D eigenvalue weighted by Gasteiger charge is -2.12. The van der Waals surface area contributed by atoms with Crippen LogP contribution in [0.15, 0.2) is 12.1 Å². The van der Waals surface area contributed by atoms with Crippen molar-refractivity contribution in [3.05, 3.63) is 34.8 Å². The van der Waals surface area contributed by atoms with E-state index in [1.165, 1.54) is 6.07 Å². The van der Waals surface area contributed by atoms with Gasteiger partial charge in [-0.2, -0.15) is 0 Å². The van der Waals surface area contributed by atoms with Crippen molar-refractivity contribution < 1.29 is 4.39 Å². The van der Waals surface area contributed by atoms with Gasteiger partial charge in [-0.05, 0) is 38.0 Å². The fraction of sp³-hybridized carbons (Fsp3) is 0.250. The molecule has 0 aliphatic rings. The standard InChI is InChI=1S/C12H14FN3/c1-6-4-9-11(5-10(6)13)15-8(3)7(2)12(9)16-14/h4-5H,14H2,1-3H3,(H,15,16). The number of hydrazine groups is 1. The normalized spacial score (nSPS) is 10.8. The van der Waals surface area contributed by atoms with Gasteiger partial charge in [0.2, 0.25) is 0 Å². The Morgan fingerprint density at radius 1 is 1.25 bits per heavy atom. The minimum Gasteiger partial charge on any atom is -0.323 e. The van der Waals surface area contributed by atoms with Crippen molar-refractivity contribution in [2.75, 3.05) is 5.43 Å². The second-order valence-corrected chi connectivity index (χ2v) is 3.96. The molecule has 1 heterocycles. The molecule has 2 aromatic rings. The van der Waals surface area contributed by atoms with Crippen molar-refractivity contribution in [3.8, 4) is 0 Å². The Bertz CT molecular complexity index is 559. The molecule has 1 aromatic heterocycles. The number of rotatable bonds is 1. The summed E-state index contributed by atoms with van der Waals surface area (Å²) in [6, 6.07) is 3.21. The van der Waals surface area contributed by atoms with Gasteiger partial charge in [-0.15, -0.1) is 0 Å². The number of pyridine rings is 1. The van der Waals surface area contributed by atoms with E-state index in [4.69, 9.17) is 5.84 Å². The van der Waals surface area contributed by atoms with E-state index in [-0.39, 0.29) is 5.82 Å². The topological polar surface area (TPSA) is 50.9 Å². The number of aromatic nitrogens is 1. The summed E-state index contributed by atoms with van der Waals surface area (Å²) in [5.41, 5.74) is 6.53. The molecule has 2 rings (SSSR count). The van der Waals surface area contributed by atoms with Crippen LogP contribution in [0.1, 0.15) is 16.8 Å². The number of benzene rings is 1. The number of hydrogen-bond acceptors (Lipinski definition) is 3. The average Bonchev–Trinajstić information content (AvgIpc) is 2.24. The Hall–Kier alpha value is -1.68. The summed E-state index contributed by atoms with van der Waals surface area (Å²) in [5.74, 6) is 5.26. The van der Waals surface area contributed by atoms with Crippen molar-refractivity contribution in [1.82, 2.24) is 4.98 Å². The molecule has 0 fully saturated rings. The van der Waals surface area contributed by atoms with Gasteiger partial charge in [0, 0.05) is 17.1 Å². The molecular formula is C12H14FN3. The molecule has 3 N–H and O–H groups in total. The van der Waals surface area contributed by atoms with Gasteiger partial charge >= 0.3 is 0 Å². The van der Waals surface area contributed by atoms with E-state index in [0.717, 1.165) is 22.3 Å². The summed E-state index contributed by atoms with van der Waals surface area (Å²) in [6.45, 7) is 5.55. The first-order valence-corrected chi connectivity index (χ1v) is 5.08. The van der Waals surface area contributed by atoms with Crippen LogP contribution in [0.3, 0.4) is 0 Å². The molecule has 0 spiro atoms. The van der Waals surface area contributed by atoms with Crippen molar-refractivity contribution in [2.45, 2.75) is 20.8 Å². The zero-order valence-electron chi connectivity index (χ0n) is 9.56. The first-order chi connectivity index (χ1) is 7.54. The van der Waals surface area contributed by atoms with E-state index in [9.17, 15) is 4.39 Å². The fourth-order valence-corrected chi connectivity index (χ4v) is 1.80. The number of nitrogens with two attached hydrogens (primary N) is 1. The summed E-state index contributed by atoms with van der Waals surface area (Å²) in [4.78, 5) is 4.35. The Morgan fingerprint density at radius 2 is 1.94 bits per heavy atom. The lowest BCUT2D eigenvalue weighted by Crippen LogP contribution is -2.10. The van der Waals surface area contributed by atoms with Crippen LogP contribution in [-0.4, -0.2) is 4.98 Å². The summed E-state index contributed by atoms with van der Waals surface area (Å²) >= 11 is 0. The van der Waals surface area contributed by atoms with Gasteiger partial charge in [0.05, 0.1) is 11.2 Å². The van der Waals surface area contributed by atoms with Gasteiger partial charge in [-0.3, -0.25) is 10.8 Å². The van der Waals surface area contributed by atoms with E-state index >= 15 is 0 Å². The van der Waals surface area contributed by atoms with Crippen molar-refractivity contribution in [2.24, 2.45) is 5.84 Å². The number of fused-ring (bicyclic) bond motifs is 1. The molecule has 0 unspecified atom stereocenters. The quantitative estimate of drug-likeness (QED) is 0.572. The van der Waals surface area contributed by atoms with Crippen LogP contribution in [0.5, 0.6) is 0 Å². The highest BCUT2D eigenvalue weighted by Gasteiger charge is 2.10. The van der Waals surface area contributed by atoms with Crippen LogP contribution >= 0.6 is 0 Å². The molecular weight excluding hydrogens is 205 g/mol. The highest BCUT2D eigenvalue weighted by atomic mass is 19.1. The molecule has 0 aliphatic carbocycles. The van der Waals surface area contributed by atoms with Crippen molar-refractivity contribution in [3.63, 3.8) is 0 Å². The summed E-state index contributed by atoms with van der Waals surface area (Å²) in [7, 11) is 0. The van der Waals surface area contributed by atoms with Gasteiger partial charge in [0.1, 0.15) is 5.82 Å². The predicted octanol–water partition coefficient (Wildman–Crippen LogP) is 2.58. The van der Waals surface area contributed by atoms with E-state index in [0.29, 0.717) is 11.1 Å². The van der Waals surface area contributed by atoms with Gasteiger partial charge in [0.15, 0.2) is 0 Å². The third kappa shape index (κ3) is 1.51. The maximum absolute atomic E-state index is 13.4. The third-order valence-corrected chi connectivity index (χ3v) is 2.90. The van der Waals surface area contributed by atoms with Crippen LogP contribution in [0, 0.1) is 26.6 Å². The number of nitrogens with one attached hydrogen (secondary N) is 1. The van der Waals surface area contributed by atoms with Gasteiger partial charge in [-0.25, -0.2) is 4.39 Å². The molecule has 16 heavy (non-hydrogen) atoms. The molecule has 0 aliphatic heterocycles. The largest absolute Gasteiger partial charge is 0.323 e. The minimum absolute atomic E-state index is 0.244. The van der Waals surface area contributed by atoms with E-state index in [1.807, 2.05) is 13.8 Å². The molecule has 0 bridgehead atoms. The molecule has 0 atom stereocenters. The number of nitrogens with zero attached hydrogens (tertiary/aromatic N) is 1. The first-order valence-electron chi connectivity index (χ1n) is 5.08. The van der Waals surface area contributed by atoms with Gasteiger partial charge in [0.25, 0.3) is 0 Å². The monoisotopic (exact) mass is 219 g/mol. The molecule has 0 radical (unpaired) electrons. The highest BCUT2D eigenvalue weighted by Crippen LogP contribution is 2.28. The molecule has 1 aromatic carbocycles. The van der Waals surface area contributed by atoms with Crippen LogP contribution < -0.4 is 11.3 Å². The summed E-state index contributed by atoms with van der Waals surface area (Å²) < 4.78 is 13.4. The number of anilines is 1. The van der Waals surface area contributed by atoms with Crippen LogP contribution in [-0.2, 0) is 0 Å². The molecule has 0 amide bonds. The second kappa shape index (κ2) is 3.72. The van der Waals surface area contributed by atoms with Crippen molar-refractivity contribution in [1.29, 1.82) is 0 Å². The Morgan fingerprint density at radius 3 is 2.56 bits per heavy atom. The van der Waals surface area contributed by atoms with E-state index in [1.54, 1.807) is 13.0 Å². The molecule has 84 valence electrons. The van der Waals surface area contributed by atoms with Crippen LogP contribution in [0.4, 0.5) is 10.1 Å². The van der Waals surface area contributed by atoms with Crippen LogP contribution in [0.2, 0.25) is 0 Å². The smallest absolute Gasteiger partial charge is 0.128 e. The zero-order chi connectivity index (χ0) is 11.9. The maximum Gasteiger partial charge on any atom is 0.128 e. The van der Waals surface area contributed by atoms with E-state index < -0.39 is 0 Å². The predicted molar refractivity (Wildman–Crippen MR) is 63.7 cm³/mol. The second-order valence-electron chi connectivity index (χ2n) is 3.96. The molecule has 3 nitrogen and oxygen atoms in total. The number of nitrogen functional groups attached to an aromatic ring is 1. The number of aryl methyl sites for hydroxylation is 2. The maximum atomic E-state index is 13.4. The first kappa shape index (κ1) is 10.8. The lowest BCUT2D eigenvalue weighted by molar-refractivity contribution is 0.620. The van der Waals surface area contributed by atoms with Crippen LogP contribution in [0.25, 0.3) is 10.9 Å². The Balaban J connectivity index is 2.91. The molecule has 0 saturated carbocycles. The summed E-state index contributed by atoms with van der Waals surface area (Å²) in [6.07, 6.45) is 0. The zero-order valence-corrected chi connectivity index (χ0v) is 9.56. The highest BCUT2D eigenvalue weighted by molar-refractivity contribution is 5.93. The average molecular weight is 219 g/mol. The third-order valence-electron chi connectivity index (χ3n) is 2.90. The van der Waals surface area contributed by atoms with E-state index in [2.05, 4.69) is 10.4 Å². The molecule has 0 saturated heterocycles. The SMILES string of the molecule is Cc1cc2c(NN)c(C)c(C)nc2cc1F. The number of hydrogen-bond donors (Lipinski definition) is 2. The summed E-state index contributed by atoms with van der Waals surface area (Å²) in [5, 5.41) is 0.851. The van der Waals surface area contributed by atoms with Gasteiger partial charge < -0.3 is 5.43 Å². The van der Waals surface area contributed by atoms with Gasteiger partial charge in [-0.1, -0.05) is 0 Å². The Kier molecular flexibility index (Phi) is 2.52. The van der Waals surface area contributed by atoms with Crippen molar-refractivity contribution >= 4 is 16.6 Å². The minimum atomic E-state index is -0.244.